The van der Waals surface area contributed by atoms with Crippen LogP contribution in [0.2, 0.25) is 0 Å². The second kappa shape index (κ2) is 5.52. The molecule has 102 valence electrons. The zero-order valence-corrected chi connectivity index (χ0v) is 12.0. The number of aromatic nitrogens is 2. The summed E-state index contributed by atoms with van der Waals surface area (Å²) < 4.78 is 5.59. The number of hydrogen-bond acceptors (Lipinski definition) is 5. The Balaban J connectivity index is 2.08. The minimum atomic E-state index is -0.809. The van der Waals surface area contributed by atoms with Gasteiger partial charge in [-0.05, 0) is 31.4 Å². The summed E-state index contributed by atoms with van der Waals surface area (Å²) in [5.41, 5.74) is 1.21. The molecule has 6 heteroatoms. The lowest BCUT2D eigenvalue weighted by atomic mass is 10.0. The molecule has 1 N–H and O–H groups in total. The molecule has 0 saturated heterocycles. The van der Waals surface area contributed by atoms with Gasteiger partial charge in [0.2, 0.25) is 5.89 Å². The lowest BCUT2D eigenvalue weighted by Gasteiger charge is -2.03. The summed E-state index contributed by atoms with van der Waals surface area (Å²) in [7, 11) is 0. The summed E-state index contributed by atoms with van der Waals surface area (Å²) in [5, 5.41) is 16.7. The van der Waals surface area contributed by atoms with E-state index in [1.54, 1.807) is 11.3 Å². The molecule has 2 aromatic heterocycles. The van der Waals surface area contributed by atoms with Crippen molar-refractivity contribution in [1.29, 1.82) is 0 Å². The van der Waals surface area contributed by atoms with Gasteiger partial charge in [-0.25, -0.2) is 0 Å². The highest BCUT2D eigenvalue weighted by Crippen LogP contribution is 2.30. The predicted molar refractivity (Wildman–Crippen MR) is 72.2 cm³/mol. The fraction of sp³-hybridized carbons (Fsp3) is 0.462. The number of carbonyl (C=O) groups is 1. The minimum Gasteiger partial charge on any atom is -0.481 e. The molecule has 2 rings (SSSR count). The summed E-state index contributed by atoms with van der Waals surface area (Å²) in [6.07, 6.45) is 0.595. The number of nitrogens with zero attached hydrogens (tertiary/aromatic N) is 2. The first-order chi connectivity index (χ1) is 8.95. The molecule has 0 aliphatic carbocycles. The molecule has 0 amide bonds. The summed E-state index contributed by atoms with van der Waals surface area (Å²) in [6.45, 7) is 5.95. The Morgan fingerprint density at radius 2 is 2.21 bits per heavy atom. The van der Waals surface area contributed by atoms with Crippen LogP contribution in [0, 0.1) is 19.8 Å². The average molecular weight is 280 g/mol. The van der Waals surface area contributed by atoms with E-state index in [9.17, 15) is 4.79 Å². The van der Waals surface area contributed by atoms with Gasteiger partial charge in [-0.3, -0.25) is 4.79 Å². The van der Waals surface area contributed by atoms with Gasteiger partial charge in [0.15, 0.2) is 0 Å². The molecule has 0 aliphatic rings. The second-order valence-electron chi connectivity index (χ2n) is 4.76. The number of carboxylic acids is 1. The number of rotatable bonds is 5. The molecule has 0 aliphatic heterocycles. The van der Waals surface area contributed by atoms with Gasteiger partial charge in [-0.15, -0.1) is 21.5 Å². The summed E-state index contributed by atoms with van der Waals surface area (Å²) in [5.74, 6) is 0.181. The van der Waals surface area contributed by atoms with Crippen LogP contribution >= 0.6 is 11.3 Å². The van der Waals surface area contributed by atoms with Crippen LogP contribution in [0.5, 0.6) is 0 Å². The van der Waals surface area contributed by atoms with E-state index >= 15 is 0 Å². The maximum absolute atomic E-state index is 10.6. The Morgan fingerprint density at radius 1 is 1.47 bits per heavy atom. The van der Waals surface area contributed by atoms with Crippen molar-refractivity contribution in [3.63, 3.8) is 0 Å². The van der Waals surface area contributed by atoms with Crippen molar-refractivity contribution in [2.24, 2.45) is 5.92 Å². The molecule has 19 heavy (non-hydrogen) atoms. The van der Waals surface area contributed by atoms with Crippen molar-refractivity contribution in [2.75, 3.05) is 0 Å². The molecule has 0 bridgehead atoms. The van der Waals surface area contributed by atoms with E-state index in [1.807, 2.05) is 19.9 Å². The third kappa shape index (κ3) is 3.41. The summed E-state index contributed by atoms with van der Waals surface area (Å²) in [6, 6.07) is 2.03. The fourth-order valence-corrected chi connectivity index (χ4v) is 2.74. The molecule has 2 heterocycles. The molecule has 1 unspecified atom stereocenters. The Bertz CT molecular complexity index is 569. The highest BCUT2D eigenvalue weighted by Gasteiger charge is 2.15. The maximum Gasteiger partial charge on any atom is 0.303 e. The molecule has 0 radical (unpaired) electrons. The second-order valence-corrected chi connectivity index (χ2v) is 6.01. The first-order valence-corrected chi connectivity index (χ1v) is 6.89. The molecule has 2 aromatic rings. The van der Waals surface area contributed by atoms with Crippen molar-refractivity contribution in [2.45, 2.75) is 33.6 Å². The Hall–Kier alpha value is -1.69. The third-order valence-electron chi connectivity index (χ3n) is 2.89. The van der Waals surface area contributed by atoms with Gasteiger partial charge in [0, 0.05) is 17.7 Å². The number of thiophene rings is 1. The quantitative estimate of drug-likeness (QED) is 0.910. The number of hydrogen-bond donors (Lipinski definition) is 1. The van der Waals surface area contributed by atoms with Crippen molar-refractivity contribution in [3.8, 4) is 10.8 Å². The average Bonchev–Trinajstić information content (AvgIpc) is 2.86. The molecule has 0 fully saturated rings. The van der Waals surface area contributed by atoms with E-state index in [1.165, 1.54) is 10.4 Å². The third-order valence-corrected chi connectivity index (χ3v) is 4.03. The Kier molecular flexibility index (Phi) is 3.99. The van der Waals surface area contributed by atoms with E-state index in [0.717, 1.165) is 4.88 Å². The van der Waals surface area contributed by atoms with Crippen LogP contribution in [-0.4, -0.2) is 21.3 Å². The van der Waals surface area contributed by atoms with Gasteiger partial charge in [0.25, 0.3) is 5.89 Å². The highest BCUT2D eigenvalue weighted by atomic mass is 32.1. The minimum absolute atomic E-state index is 0.0161. The smallest absolute Gasteiger partial charge is 0.303 e. The zero-order valence-electron chi connectivity index (χ0n) is 11.1. The number of aryl methyl sites for hydroxylation is 2. The molecule has 1 atom stereocenters. The van der Waals surface area contributed by atoms with Crippen molar-refractivity contribution in [3.05, 3.63) is 22.4 Å². The Labute approximate surface area is 115 Å². The predicted octanol–water partition coefficient (Wildman–Crippen LogP) is 3.07. The number of aliphatic carboxylic acids is 1. The number of carboxylic acid groups (broad SMARTS) is 1. The Morgan fingerprint density at radius 3 is 2.79 bits per heavy atom. The van der Waals surface area contributed by atoms with E-state index in [4.69, 9.17) is 9.52 Å². The van der Waals surface area contributed by atoms with Gasteiger partial charge in [-0.2, -0.15) is 0 Å². The first-order valence-electron chi connectivity index (χ1n) is 6.07. The molecular formula is C13H16N2O3S. The van der Waals surface area contributed by atoms with Crippen LogP contribution in [0.4, 0.5) is 0 Å². The van der Waals surface area contributed by atoms with Crippen LogP contribution in [0.1, 0.15) is 29.7 Å². The van der Waals surface area contributed by atoms with Crippen LogP contribution in [0.15, 0.2) is 10.5 Å². The van der Waals surface area contributed by atoms with E-state index in [-0.39, 0.29) is 12.3 Å². The van der Waals surface area contributed by atoms with E-state index in [0.29, 0.717) is 18.2 Å². The monoisotopic (exact) mass is 280 g/mol. The molecule has 0 saturated carbocycles. The standard InChI is InChI=1S/C13H16N2O3S/c1-7(5-12(16)17)4-11-14-15-13(18-11)10-6-8(2)9(3)19-10/h6-7H,4-5H2,1-3H3,(H,16,17). The molecule has 0 spiro atoms. The van der Waals surface area contributed by atoms with E-state index in [2.05, 4.69) is 17.1 Å². The lowest BCUT2D eigenvalue weighted by Crippen LogP contribution is -2.07. The van der Waals surface area contributed by atoms with E-state index < -0.39 is 5.97 Å². The van der Waals surface area contributed by atoms with Crippen LogP contribution in [-0.2, 0) is 11.2 Å². The van der Waals surface area contributed by atoms with Crippen molar-refractivity contribution >= 4 is 17.3 Å². The lowest BCUT2D eigenvalue weighted by molar-refractivity contribution is -0.137. The normalized spacial score (nSPS) is 12.6. The van der Waals surface area contributed by atoms with Crippen LogP contribution in [0.25, 0.3) is 10.8 Å². The van der Waals surface area contributed by atoms with Crippen LogP contribution in [0.3, 0.4) is 0 Å². The maximum atomic E-state index is 10.6. The van der Waals surface area contributed by atoms with Crippen molar-refractivity contribution < 1.29 is 14.3 Å². The van der Waals surface area contributed by atoms with Crippen molar-refractivity contribution in [1.82, 2.24) is 10.2 Å². The van der Waals surface area contributed by atoms with Gasteiger partial charge >= 0.3 is 5.97 Å². The summed E-state index contributed by atoms with van der Waals surface area (Å²) >= 11 is 1.62. The SMILES string of the molecule is Cc1cc(-c2nnc(CC(C)CC(=O)O)o2)sc1C. The molecular weight excluding hydrogens is 264 g/mol. The van der Waals surface area contributed by atoms with Gasteiger partial charge in [0.1, 0.15) is 0 Å². The van der Waals surface area contributed by atoms with Gasteiger partial charge in [-0.1, -0.05) is 6.92 Å². The largest absolute Gasteiger partial charge is 0.481 e. The molecule has 0 aromatic carbocycles. The topological polar surface area (TPSA) is 76.2 Å². The van der Waals surface area contributed by atoms with Gasteiger partial charge in [0.05, 0.1) is 4.88 Å². The van der Waals surface area contributed by atoms with Gasteiger partial charge < -0.3 is 9.52 Å². The fourth-order valence-electron chi connectivity index (χ4n) is 1.78. The first kappa shape index (κ1) is 13.7. The highest BCUT2D eigenvalue weighted by molar-refractivity contribution is 7.15. The zero-order chi connectivity index (χ0) is 14.0. The summed E-state index contributed by atoms with van der Waals surface area (Å²) in [4.78, 5) is 12.8. The molecule has 5 nitrogen and oxygen atoms in total. The van der Waals surface area contributed by atoms with Crippen LogP contribution < -0.4 is 0 Å².